The Hall–Kier alpha value is -3.64. The number of nitrogen functional groups attached to an aromatic ring is 1. The molecule has 0 aliphatic carbocycles. The van der Waals surface area contributed by atoms with Crippen molar-refractivity contribution in [3.63, 3.8) is 0 Å². The number of likely N-dealkylation sites (tertiary alicyclic amines) is 1. The second-order valence-electron chi connectivity index (χ2n) is 8.39. The Morgan fingerprint density at radius 2 is 2.09 bits per heavy atom. The number of nitrogens with two attached hydrogens (primary N) is 1. The number of rotatable bonds is 5. The van der Waals surface area contributed by atoms with Crippen LogP contribution in [0, 0.1) is 17.1 Å². The first-order valence-corrected chi connectivity index (χ1v) is 11.2. The molecule has 0 bridgehead atoms. The van der Waals surface area contributed by atoms with Gasteiger partial charge >= 0.3 is 6.09 Å². The van der Waals surface area contributed by atoms with Crippen LogP contribution >= 0.6 is 11.6 Å². The van der Waals surface area contributed by atoms with Crippen LogP contribution in [-0.4, -0.2) is 45.8 Å². The van der Waals surface area contributed by atoms with Crippen molar-refractivity contribution in [1.29, 1.82) is 5.26 Å². The van der Waals surface area contributed by atoms with E-state index in [9.17, 15) is 19.2 Å². The molecule has 10 heteroatoms. The summed E-state index contributed by atoms with van der Waals surface area (Å²) >= 11 is 6.11. The highest BCUT2D eigenvalue weighted by Gasteiger charge is 2.37. The lowest BCUT2D eigenvalue weighted by Gasteiger charge is -2.39. The molecule has 3 aromatic rings. The number of hydrogen-bond acceptors (Lipinski definition) is 6. The minimum atomic E-state index is -0.657. The maximum Gasteiger partial charge on any atom is 0.410 e. The molecule has 34 heavy (non-hydrogen) atoms. The van der Waals surface area contributed by atoms with Crippen LogP contribution in [0.15, 0.2) is 24.3 Å². The molecule has 1 aliphatic heterocycles. The van der Waals surface area contributed by atoms with E-state index < -0.39 is 11.6 Å². The molecule has 4 rings (SSSR count). The fraction of sp³-hybridized carbons (Fsp3) is 0.333. The van der Waals surface area contributed by atoms with E-state index in [4.69, 9.17) is 22.1 Å². The number of benzene rings is 2. The van der Waals surface area contributed by atoms with Gasteiger partial charge in [0.1, 0.15) is 23.5 Å². The van der Waals surface area contributed by atoms with Crippen molar-refractivity contribution < 1.29 is 18.7 Å². The number of ether oxygens (including phenoxy) is 1. The van der Waals surface area contributed by atoms with Gasteiger partial charge in [0.2, 0.25) is 0 Å². The molecule has 1 atom stereocenters. The molecule has 2 heterocycles. The van der Waals surface area contributed by atoms with Crippen LogP contribution in [0.3, 0.4) is 0 Å². The highest BCUT2D eigenvalue weighted by molar-refractivity contribution is 6.35. The van der Waals surface area contributed by atoms with Crippen LogP contribution < -0.4 is 5.73 Å². The summed E-state index contributed by atoms with van der Waals surface area (Å²) in [6, 6.07) is 7.07. The summed E-state index contributed by atoms with van der Waals surface area (Å²) in [5.41, 5.74) is 7.26. The average molecular weight is 484 g/mol. The van der Waals surface area contributed by atoms with E-state index >= 15 is 0 Å². The fourth-order valence-corrected chi connectivity index (χ4v) is 4.35. The van der Waals surface area contributed by atoms with Gasteiger partial charge in [-0.25, -0.2) is 9.18 Å². The number of aryl methyl sites for hydroxylation is 1. The number of fused-ring (bicyclic) bond motifs is 1. The van der Waals surface area contributed by atoms with E-state index in [1.807, 2.05) is 19.9 Å². The van der Waals surface area contributed by atoms with E-state index in [1.165, 1.54) is 6.07 Å². The Morgan fingerprint density at radius 3 is 2.74 bits per heavy atom. The average Bonchev–Trinajstić information content (AvgIpc) is 3.08. The van der Waals surface area contributed by atoms with E-state index in [2.05, 4.69) is 5.10 Å². The standard InChI is InChI=1S/C24H23ClFN5O3/c1-4-12(2)34-24(33)31-10-13(11-31)22-16-8-19(28)20(17(9-27)21(16)29-30(22)3)23(32)15-7-14(26)5-6-18(15)25/h5-8,12-13H,4,10-11,28H2,1-3H3. The number of anilines is 1. The molecular formula is C24H23ClFN5O3. The molecule has 0 radical (unpaired) electrons. The van der Waals surface area contributed by atoms with E-state index in [0.29, 0.717) is 24.0 Å². The molecule has 1 unspecified atom stereocenters. The Bertz CT molecular complexity index is 1360. The van der Waals surface area contributed by atoms with Crippen LogP contribution in [0.4, 0.5) is 14.9 Å². The number of aromatic nitrogens is 2. The third-order valence-electron chi connectivity index (χ3n) is 6.12. The molecule has 2 N–H and O–H groups in total. The van der Waals surface area contributed by atoms with Crippen molar-refractivity contribution in [2.24, 2.45) is 7.05 Å². The van der Waals surface area contributed by atoms with Crippen molar-refractivity contribution in [3.8, 4) is 6.07 Å². The third-order valence-corrected chi connectivity index (χ3v) is 6.45. The zero-order chi connectivity index (χ0) is 24.7. The monoisotopic (exact) mass is 483 g/mol. The number of halogens is 2. The largest absolute Gasteiger partial charge is 0.446 e. The Morgan fingerprint density at radius 1 is 1.38 bits per heavy atom. The summed E-state index contributed by atoms with van der Waals surface area (Å²) in [7, 11) is 1.73. The fourth-order valence-electron chi connectivity index (χ4n) is 4.15. The number of nitriles is 1. The van der Waals surface area contributed by atoms with Crippen molar-refractivity contribution in [2.75, 3.05) is 18.8 Å². The first-order chi connectivity index (χ1) is 16.2. The number of ketones is 1. The lowest BCUT2D eigenvalue weighted by Crippen LogP contribution is -2.49. The second-order valence-corrected chi connectivity index (χ2v) is 8.80. The summed E-state index contributed by atoms with van der Waals surface area (Å²) < 4.78 is 20.8. The summed E-state index contributed by atoms with van der Waals surface area (Å²) in [4.78, 5) is 27.1. The van der Waals surface area contributed by atoms with Gasteiger partial charge < -0.3 is 15.4 Å². The minimum absolute atomic E-state index is 0.00506. The molecule has 1 aliphatic rings. The first-order valence-electron chi connectivity index (χ1n) is 10.8. The van der Waals surface area contributed by atoms with Gasteiger partial charge in [0.05, 0.1) is 21.8 Å². The number of carbonyl (C=O) groups is 2. The summed E-state index contributed by atoms with van der Waals surface area (Å²) in [5.74, 6) is -1.33. The quantitative estimate of drug-likeness (QED) is 0.425. The second kappa shape index (κ2) is 8.95. The molecule has 1 fully saturated rings. The van der Waals surface area contributed by atoms with Crippen molar-refractivity contribution in [2.45, 2.75) is 32.3 Å². The Labute approximate surface area is 200 Å². The van der Waals surface area contributed by atoms with Gasteiger partial charge in [-0.2, -0.15) is 10.4 Å². The van der Waals surface area contributed by atoms with Gasteiger partial charge in [-0.1, -0.05) is 18.5 Å². The summed E-state index contributed by atoms with van der Waals surface area (Å²) in [6.45, 7) is 4.65. The van der Waals surface area contributed by atoms with Gasteiger partial charge in [-0.3, -0.25) is 9.48 Å². The SMILES string of the molecule is CCC(C)OC(=O)N1CC(c2c3cc(N)c(C(=O)c4cc(F)ccc4Cl)c(C#N)c3nn2C)C1. The van der Waals surface area contributed by atoms with Crippen molar-refractivity contribution in [1.82, 2.24) is 14.7 Å². The zero-order valence-corrected chi connectivity index (χ0v) is 19.7. The maximum absolute atomic E-state index is 13.8. The van der Waals surface area contributed by atoms with E-state index in [0.717, 1.165) is 24.2 Å². The van der Waals surface area contributed by atoms with Gasteiger partial charge in [-0.15, -0.1) is 0 Å². The van der Waals surface area contributed by atoms with Crippen LogP contribution in [-0.2, 0) is 11.8 Å². The molecule has 1 amide bonds. The Balaban J connectivity index is 1.71. The lowest BCUT2D eigenvalue weighted by molar-refractivity contribution is 0.0436. The lowest BCUT2D eigenvalue weighted by atomic mass is 9.90. The number of carbonyl (C=O) groups excluding carboxylic acids is 2. The number of amides is 1. The highest BCUT2D eigenvalue weighted by Crippen LogP contribution is 2.37. The molecule has 0 spiro atoms. The molecule has 1 saturated heterocycles. The molecule has 1 aromatic heterocycles. The van der Waals surface area contributed by atoms with E-state index in [1.54, 1.807) is 22.7 Å². The topological polar surface area (TPSA) is 114 Å². The normalized spacial score (nSPS) is 14.5. The molecule has 2 aromatic carbocycles. The zero-order valence-electron chi connectivity index (χ0n) is 18.9. The van der Waals surface area contributed by atoms with Gasteiger partial charge in [-0.05, 0) is 37.6 Å². The van der Waals surface area contributed by atoms with Gasteiger partial charge in [0, 0.05) is 42.7 Å². The third kappa shape index (κ3) is 3.94. The van der Waals surface area contributed by atoms with Gasteiger partial charge in [0.25, 0.3) is 0 Å². The number of hydrogen-bond donors (Lipinski definition) is 1. The molecule has 8 nitrogen and oxygen atoms in total. The predicted molar refractivity (Wildman–Crippen MR) is 125 cm³/mol. The smallest absolute Gasteiger partial charge is 0.410 e. The first kappa shape index (κ1) is 23.5. The molecular weight excluding hydrogens is 461 g/mol. The molecule has 0 saturated carbocycles. The van der Waals surface area contributed by atoms with Crippen molar-refractivity contribution in [3.05, 3.63) is 57.5 Å². The van der Waals surface area contributed by atoms with Crippen LogP contribution in [0.25, 0.3) is 10.9 Å². The Kier molecular flexibility index (Phi) is 6.19. The van der Waals surface area contributed by atoms with Crippen LogP contribution in [0.2, 0.25) is 5.02 Å². The summed E-state index contributed by atoms with van der Waals surface area (Å²) in [5, 5.41) is 15.1. The number of nitrogens with zero attached hydrogens (tertiary/aromatic N) is 4. The predicted octanol–water partition coefficient (Wildman–Crippen LogP) is 4.38. The molecule has 176 valence electrons. The van der Waals surface area contributed by atoms with Crippen molar-refractivity contribution >= 4 is 40.1 Å². The van der Waals surface area contributed by atoms with Gasteiger partial charge in [0.15, 0.2) is 5.78 Å². The van der Waals surface area contributed by atoms with E-state index in [-0.39, 0.29) is 45.5 Å². The maximum atomic E-state index is 13.8. The summed E-state index contributed by atoms with van der Waals surface area (Å²) in [6.07, 6.45) is 0.201. The van der Waals surface area contributed by atoms with Crippen LogP contribution in [0.1, 0.15) is 53.4 Å². The highest BCUT2D eigenvalue weighted by atomic mass is 35.5. The minimum Gasteiger partial charge on any atom is -0.446 e. The van der Waals surface area contributed by atoms with Crippen LogP contribution in [0.5, 0.6) is 0 Å².